The van der Waals surface area contributed by atoms with Gasteiger partial charge in [-0.2, -0.15) is 8.78 Å². The van der Waals surface area contributed by atoms with Crippen molar-refractivity contribution in [3.05, 3.63) is 64.0 Å². The van der Waals surface area contributed by atoms with E-state index in [0.29, 0.717) is 9.90 Å². The fraction of sp³-hybridized carbons (Fsp3) is 0.118. The summed E-state index contributed by atoms with van der Waals surface area (Å²) in [4.78, 5) is 12.8. The number of benzene rings is 2. The van der Waals surface area contributed by atoms with Crippen molar-refractivity contribution in [1.29, 1.82) is 0 Å². The molecule has 3 nitrogen and oxygen atoms in total. The van der Waals surface area contributed by atoms with Crippen LogP contribution in [0.15, 0.2) is 48.5 Å². The van der Waals surface area contributed by atoms with Gasteiger partial charge in [0, 0.05) is 16.6 Å². The van der Waals surface area contributed by atoms with Crippen LogP contribution in [-0.4, -0.2) is 12.5 Å². The van der Waals surface area contributed by atoms with Crippen molar-refractivity contribution in [1.82, 2.24) is 5.32 Å². The molecule has 1 heterocycles. The molecule has 0 aliphatic rings. The number of fused-ring (bicyclic) bond motifs is 1. The van der Waals surface area contributed by atoms with Crippen molar-refractivity contribution in [3.8, 4) is 5.75 Å². The molecule has 0 unspecified atom stereocenters. The Morgan fingerprint density at radius 3 is 2.54 bits per heavy atom. The monoisotopic (exact) mass is 367 g/mol. The van der Waals surface area contributed by atoms with Gasteiger partial charge in [0.25, 0.3) is 5.91 Å². The average Bonchev–Trinajstić information content (AvgIpc) is 2.91. The summed E-state index contributed by atoms with van der Waals surface area (Å²) in [6.45, 7) is -2.59. The second-order valence-electron chi connectivity index (χ2n) is 4.95. The van der Waals surface area contributed by atoms with Gasteiger partial charge in [0.1, 0.15) is 10.6 Å². The number of alkyl halides is 2. The summed E-state index contributed by atoms with van der Waals surface area (Å²) >= 11 is 7.59. The Hall–Kier alpha value is -2.18. The van der Waals surface area contributed by atoms with Gasteiger partial charge in [0.2, 0.25) is 0 Å². The van der Waals surface area contributed by atoms with Crippen LogP contribution < -0.4 is 10.1 Å². The van der Waals surface area contributed by atoms with Gasteiger partial charge in [-0.3, -0.25) is 4.79 Å². The third-order valence-corrected chi connectivity index (χ3v) is 5.02. The van der Waals surface area contributed by atoms with Gasteiger partial charge in [-0.25, -0.2) is 0 Å². The van der Waals surface area contributed by atoms with Crippen LogP contribution in [0.3, 0.4) is 0 Å². The fourth-order valence-electron chi connectivity index (χ4n) is 2.21. The van der Waals surface area contributed by atoms with Gasteiger partial charge in [0.15, 0.2) is 0 Å². The predicted octanol–water partition coefficient (Wildman–Crippen LogP) is 5.09. The Morgan fingerprint density at radius 2 is 1.88 bits per heavy atom. The molecule has 124 valence electrons. The number of amides is 1. The normalized spacial score (nSPS) is 11.0. The molecule has 1 amide bonds. The molecule has 0 aliphatic heterocycles. The first-order chi connectivity index (χ1) is 11.5. The van der Waals surface area contributed by atoms with Crippen molar-refractivity contribution in [2.75, 3.05) is 0 Å². The Balaban J connectivity index is 1.67. The van der Waals surface area contributed by atoms with Crippen LogP contribution in [0.1, 0.15) is 15.2 Å². The predicted molar refractivity (Wildman–Crippen MR) is 91.1 cm³/mol. The maximum Gasteiger partial charge on any atom is 0.387 e. The number of halogens is 3. The highest BCUT2D eigenvalue weighted by molar-refractivity contribution is 7.21. The summed E-state index contributed by atoms with van der Waals surface area (Å²) in [6.07, 6.45) is 0. The molecule has 0 bridgehead atoms. The van der Waals surface area contributed by atoms with E-state index < -0.39 is 6.61 Å². The van der Waals surface area contributed by atoms with E-state index in [-0.39, 0.29) is 18.2 Å². The summed E-state index contributed by atoms with van der Waals surface area (Å²) in [5.41, 5.74) is 0.766. The molecule has 0 saturated heterocycles. The summed E-state index contributed by atoms with van der Waals surface area (Å²) in [6, 6.07) is 13.6. The lowest BCUT2D eigenvalue weighted by molar-refractivity contribution is -0.0498. The van der Waals surface area contributed by atoms with Gasteiger partial charge < -0.3 is 10.1 Å². The first kappa shape index (κ1) is 16.7. The van der Waals surface area contributed by atoms with Gasteiger partial charge in [-0.05, 0) is 23.8 Å². The van der Waals surface area contributed by atoms with E-state index >= 15 is 0 Å². The first-order valence-corrected chi connectivity index (χ1v) is 8.23. The van der Waals surface area contributed by atoms with Crippen molar-refractivity contribution in [2.24, 2.45) is 0 Å². The van der Waals surface area contributed by atoms with Crippen molar-refractivity contribution in [3.63, 3.8) is 0 Å². The van der Waals surface area contributed by atoms with Crippen LogP contribution in [0.4, 0.5) is 8.78 Å². The summed E-state index contributed by atoms with van der Waals surface area (Å²) < 4.78 is 29.4. The molecule has 1 aromatic heterocycles. The Morgan fingerprint density at radius 1 is 1.17 bits per heavy atom. The summed E-state index contributed by atoms with van der Waals surface area (Å²) in [5.74, 6) is -0.193. The molecule has 0 saturated carbocycles. The van der Waals surface area contributed by atoms with E-state index in [1.807, 2.05) is 24.3 Å². The third-order valence-electron chi connectivity index (χ3n) is 3.34. The summed E-state index contributed by atoms with van der Waals surface area (Å²) in [5, 5.41) is 4.06. The van der Waals surface area contributed by atoms with Gasteiger partial charge >= 0.3 is 6.61 Å². The number of rotatable bonds is 5. The Kier molecular flexibility index (Phi) is 4.97. The second-order valence-corrected chi connectivity index (χ2v) is 6.38. The van der Waals surface area contributed by atoms with Gasteiger partial charge in [0.05, 0.1) is 5.02 Å². The lowest BCUT2D eigenvalue weighted by Crippen LogP contribution is -2.22. The maximum atomic E-state index is 12.3. The van der Waals surface area contributed by atoms with Crippen LogP contribution in [0.25, 0.3) is 10.1 Å². The van der Waals surface area contributed by atoms with Crippen LogP contribution in [-0.2, 0) is 6.54 Å². The van der Waals surface area contributed by atoms with E-state index in [1.54, 1.807) is 12.1 Å². The molecule has 2 aromatic carbocycles. The van der Waals surface area contributed by atoms with E-state index in [0.717, 1.165) is 15.6 Å². The Labute approximate surface area is 145 Å². The fourth-order valence-corrected chi connectivity index (χ4v) is 3.64. The number of thiophene rings is 1. The molecule has 1 N–H and O–H groups in total. The minimum absolute atomic E-state index is 0.0765. The minimum atomic E-state index is -2.86. The molecule has 7 heteroatoms. The highest BCUT2D eigenvalue weighted by Gasteiger charge is 2.16. The second kappa shape index (κ2) is 7.15. The van der Waals surface area contributed by atoms with Crippen LogP contribution in [0, 0.1) is 0 Å². The van der Waals surface area contributed by atoms with Crippen molar-refractivity contribution in [2.45, 2.75) is 13.2 Å². The molecule has 3 rings (SSSR count). The number of hydrogen-bond acceptors (Lipinski definition) is 3. The zero-order valence-electron chi connectivity index (χ0n) is 12.3. The molecular formula is C17H12ClF2NO2S. The molecule has 0 atom stereocenters. The average molecular weight is 368 g/mol. The molecule has 0 radical (unpaired) electrons. The van der Waals surface area contributed by atoms with E-state index in [9.17, 15) is 13.6 Å². The lowest BCUT2D eigenvalue weighted by Gasteiger charge is -2.07. The van der Waals surface area contributed by atoms with Gasteiger partial charge in [-0.15, -0.1) is 11.3 Å². The zero-order valence-corrected chi connectivity index (χ0v) is 13.8. The summed E-state index contributed by atoms with van der Waals surface area (Å²) in [7, 11) is 0. The van der Waals surface area contributed by atoms with Crippen LogP contribution in [0.5, 0.6) is 5.75 Å². The van der Waals surface area contributed by atoms with Crippen molar-refractivity contribution >= 4 is 38.9 Å². The topological polar surface area (TPSA) is 38.3 Å². The maximum absolute atomic E-state index is 12.3. The number of carbonyl (C=O) groups excluding carboxylic acids is 1. The van der Waals surface area contributed by atoms with Crippen molar-refractivity contribution < 1.29 is 18.3 Å². The Bertz CT molecular complexity index is 865. The van der Waals surface area contributed by atoms with E-state index in [2.05, 4.69) is 10.1 Å². The van der Waals surface area contributed by atoms with E-state index in [1.165, 1.54) is 23.5 Å². The third kappa shape index (κ3) is 3.66. The molecule has 0 fully saturated rings. The number of carbonyl (C=O) groups is 1. The number of ether oxygens (including phenoxy) is 1. The molecule has 3 aromatic rings. The molecule has 24 heavy (non-hydrogen) atoms. The molecule has 0 aliphatic carbocycles. The molecular weight excluding hydrogens is 356 g/mol. The first-order valence-electron chi connectivity index (χ1n) is 7.03. The highest BCUT2D eigenvalue weighted by Crippen LogP contribution is 2.35. The zero-order chi connectivity index (χ0) is 17.1. The minimum Gasteiger partial charge on any atom is -0.435 e. The smallest absolute Gasteiger partial charge is 0.387 e. The van der Waals surface area contributed by atoms with Crippen LogP contribution >= 0.6 is 22.9 Å². The lowest BCUT2D eigenvalue weighted by atomic mass is 10.2. The standard InChI is InChI=1S/C17H12ClF2NO2S/c18-14-12-3-1-2-4-13(12)24-15(14)16(22)21-9-10-5-7-11(8-6-10)23-17(19)20/h1-8,17H,9H2,(H,21,22). The quantitative estimate of drug-likeness (QED) is 0.682. The number of hydrogen-bond donors (Lipinski definition) is 1. The van der Waals surface area contributed by atoms with E-state index in [4.69, 9.17) is 11.6 Å². The SMILES string of the molecule is O=C(NCc1ccc(OC(F)F)cc1)c1sc2ccccc2c1Cl. The van der Waals surface area contributed by atoms with Crippen LogP contribution in [0.2, 0.25) is 5.02 Å². The highest BCUT2D eigenvalue weighted by atomic mass is 35.5. The largest absolute Gasteiger partial charge is 0.435 e. The number of nitrogens with one attached hydrogen (secondary N) is 1. The van der Waals surface area contributed by atoms with Gasteiger partial charge in [-0.1, -0.05) is 41.9 Å². The molecule has 0 spiro atoms.